The first-order valence-corrected chi connectivity index (χ1v) is 9.13. The monoisotopic (exact) mass is 354 g/mol. The van der Waals surface area contributed by atoms with E-state index < -0.39 is 0 Å². The average Bonchev–Trinajstić information content (AvgIpc) is 2.79. The van der Waals surface area contributed by atoms with Crippen molar-refractivity contribution in [2.75, 3.05) is 13.7 Å². The predicted molar refractivity (Wildman–Crippen MR) is 97.9 cm³/mol. The van der Waals surface area contributed by atoms with Gasteiger partial charge in [-0.15, -0.1) is 0 Å². The third-order valence-electron chi connectivity index (χ3n) is 4.05. The summed E-state index contributed by atoms with van der Waals surface area (Å²) in [5.41, 5.74) is 0.399. The van der Waals surface area contributed by atoms with Crippen LogP contribution in [0.2, 0.25) is 5.02 Å². The van der Waals surface area contributed by atoms with Crippen molar-refractivity contribution in [1.29, 1.82) is 0 Å². The Morgan fingerprint density at radius 1 is 1.43 bits per heavy atom. The van der Waals surface area contributed by atoms with Gasteiger partial charge in [-0.25, -0.2) is 0 Å². The van der Waals surface area contributed by atoms with E-state index in [2.05, 4.69) is 30.7 Å². The molecule has 1 aromatic rings. The number of rotatable bonds is 5. The number of hydrogen-bond acceptors (Lipinski definition) is 3. The molecule has 0 N–H and O–H groups in total. The van der Waals surface area contributed by atoms with E-state index in [1.54, 1.807) is 30.0 Å². The van der Waals surface area contributed by atoms with E-state index >= 15 is 0 Å². The minimum absolute atomic E-state index is 0.311. The second-order valence-corrected chi connectivity index (χ2v) is 7.44. The van der Waals surface area contributed by atoms with Crippen LogP contribution in [0.15, 0.2) is 23.2 Å². The van der Waals surface area contributed by atoms with Crippen LogP contribution < -0.4 is 4.74 Å². The summed E-state index contributed by atoms with van der Waals surface area (Å²) >= 11 is 7.66. The van der Waals surface area contributed by atoms with Crippen molar-refractivity contribution in [3.63, 3.8) is 0 Å². The number of halogens is 1. The second-order valence-electron chi connectivity index (χ2n) is 5.65. The SMILES string of the molecule is CCCCN1/C(=N/C(=O)c2cc(Cl)ccc2OC)S[C@@H](C)[C@H]1C. The van der Waals surface area contributed by atoms with Crippen LogP contribution in [-0.2, 0) is 0 Å². The van der Waals surface area contributed by atoms with E-state index in [0.717, 1.165) is 24.6 Å². The number of carbonyl (C=O) groups excluding carboxylic acids is 1. The quantitative estimate of drug-likeness (QED) is 0.782. The van der Waals surface area contributed by atoms with Crippen LogP contribution in [0.1, 0.15) is 44.0 Å². The number of ether oxygens (including phenoxy) is 1. The smallest absolute Gasteiger partial charge is 0.283 e. The summed E-state index contributed by atoms with van der Waals surface area (Å²) in [6, 6.07) is 5.37. The molecule has 2 atom stereocenters. The van der Waals surface area contributed by atoms with Gasteiger partial charge in [-0.2, -0.15) is 4.99 Å². The molecule has 1 amide bonds. The summed E-state index contributed by atoms with van der Waals surface area (Å²) in [6.07, 6.45) is 2.21. The highest BCUT2D eigenvalue weighted by atomic mass is 35.5. The zero-order valence-corrected chi connectivity index (χ0v) is 15.6. The minimum Gasteiger partial charge on any atom is -0.496 e. The summed E-state index contributed by atoms with van der Waals surface area (Å²) in [7, 11) is 1.54. The van der Waals surface area contributed by atoms with Crippen molar-refractivity contribution in [3.8, 4) is 5.75 Å². The standard InChI is InChI=1S/C17H23ClN2O2S/c1-5-6-9-20-11(2)12(3)23-17(20)19-16(21)14-10-13(18)7-8-15(14)22-4/h7-8,10-12H,5-6,9H2,1-4H3/b19-17-/t11-,12+/m1/s1. The van der Waals surface area contributed by atoms with Gasteiger partial charge in [0, 0.05) is 22.9 Å². The molecule has 0 aliphatic carbocycles. The number of nitrogens with zero attached hydrogens (tertiary/aromatic N) is 2. The zero-order valence-electron chi connectivity index (χ0n) is 14.0. The van der Waals surface area contributed by atoms with Gasteiger partial charge in [0.15, 0.2) is 5.17 Å². The Bertz CT molecular complexity index is 606. The maximum absolute atomic E-state index is 12.6. The van der Waals surface area contributed by atoms with Crippen LogP contribution in [0.25, 0.3) is 0 Å². The molecule has 0 saturated carbocycles. The van der Waals surface area contributed by atoms with Gasteiger partial charge in [0.25, 0.3) is 5.91 Å². The van der Waals surface area contributed by atoms with E-state index in [9.17, 15) is 4.79 Å². The van der Waals surface area contributed by atoms with Crippen molar-refractivity contribution in [2.45, 2.75) is 44.9 Å². The first-order chi connectivity index (χ1) is 11.0. The average molecular weight is 355 g/mol. The van der Waals surface area contributed by atoms with Crippen LogP contribution in [0.5, 0.6) is 5.75 Å². The van der Waals surface area contributed by atoms with Crippen LogP contribution in [-0.4, -0.2) is 40.9 Å². The Kier molecular flexibility index (Phi) is 6.36. The van der Waals surface area contributed by atoms with E-state index in [-0.39, 0.29) is 5.91 Å². The van der Waals surface area contributed by atoms with E-state index in [4.69, 9.17) is 16.3 Å². The van der Waals surface area contributed by atoms with Crippen molar-refractivity contribution >= 4 is 34.4 Å². The molecule has 0 radical (unpaired) electrons. The Balaban J connectivity index is 2.28. The number of carbonyl (C=O) groups is 1. The molecule has 2 rings (SSSR count). The van der Waals surface area contributed by atoms with E-state index in [1.807, 2.05) is 0 Å². The number of unbranched alkanes of at least 4 members (excludes halogenated alkanes) is 1. The molecule has 1 saturated heterocycles. The molecule has 1 aliphatic heterocycles. The first-order valence-electron chi connectivity index (χ1n) is 7.87. The molecule has 4 nitrogen and oxygen atoms in total. The highest BCUT2D eigenvalue weighted by molar-refractivity contribution is 8.14. The Morgan fingerprint density at radius 2 is 2.17 bits per heavy atom. The number of aliphatic imine (C=N–C) groups is 1. The number of methoxy groups -OCH3 is 1. The lowest BCUT2D eigenvalue weighted by Gasteiger charge is -2.24. The topological polar surface area (TPSA) is 41.9 Å². The van der Waals surface area contributed by atoms with Crippen molar-refractivity contribution < 1.29 is 9.53 Å². The lowest BCUT2D eigenvalue weighted by molar-refractivity contribution is 0.0998. The fourth-order valence-electron chi connectivity index (χ4n) is 2.47. The normalized spacial score (nSPS) is 22.7. The maximum Gasteiger partial charge on any atom is 0.283 e. The molecule has 6 heteroatoms. The maximum atomic E-state index is 12.6. The van der Waals surface area contributed by atoms with Gasteiger partial charge < -0.3 is 9.64 Å². The molecule has 1 fully saturated rings. The van der Waals surface area contributed by atoms with Gasteiger partial charge in [0.1, 0.15) is 5.75 Å². The molecule has 0 aromatic heterocycles. The number of amidine groups is 1. The zero-order chi connectivity index (χ0) is 17.0. The summed E-state index contributed by atoms with van der Waals surface area (Å²) in [4.78, 5) is 19.2. The summed E-state index contributed by atoms with van der Waals surface area (Å²) in [6.45, 7) is 7.44. The van der Waals surface area contributed by atoms with Crippen LogP contribution >= 0.6 is 23.4 Å². The number of benzene rings is 1. The van der Waals surface area contributed by atoms with Crippen LogP contribution in [0.3, 0.4) is 0 Å². The fraction of sp³-hybridized carbons (Fsp3) is 0.529. The molecule has 0 unspecified atom stereocenters. The van der Waals surface area contributed by atoms with Gasteiger partial charge in [0.05, 0.1) is 12.7 Å². The third kappa shape index (κ3) is 4.21. The number of amides is 1. The highest BCUT2D eigenvalue weighted by Gasteiger charge is 2.33. The summed E-state index contributed by atoms with van der Waals surface area (Å²) in [5, 5.41) is 1.71. The molecule has 126 valence electrons. The molecule has 1 aromatic carbocycles. The summed E-state index contributed by atoms with van der Waals surface area (Å²) in [5.74, 6) is 0.183. The molecule has 1 heterocycles. The summed E-state index contributed by atoms with van der Waals surface area (Å²) < 4.78 is 5.25. The molecule has 0 spiro atoms. The number of thioether (sulfide) groups is 1. The lowest BCUT2D eigenvalue weighted by atomic mass is 10.2. The van der Waals surface area contributed by atoms with Crippen molar-refractivity contribution in [2.24, 2.45) is 4.99 Å². The highest BCUT2D eigenvalue weighted by Crippen LogP contribution is 2.32. The van der Waals surface area contributed by atoms with E-state index in [0.29, 0.717) is 27.6 Å². The molecule has 0 bridgehead atoms. The third-order valence-corrected chi connectivity index (χ3v) is 5.59. The molecule has 1 aliphatic rings. The van der Waals surface area contributed by atoms with Crippen molar-refractivity contribution in [3.05, 3.63) is 28.8 Å². The molecular formula is C17H23ClN2O2S. The van der Waals surface area contributed by atoms with Gasteiger partial charge in [0.2, 0.25) is 0 Å². The largest absolute Gasteiger partial charge is 0.496 e. The lowest BCUT2D eigenvalue weighted by Crippen LogP contribution is -2.35. The van der Waals surface area contributed by atoms with Gasteiger partial charge >= 0.3 is 0 Å². The Morgan fingerprint density at radius 3 is 2.83 bits per heavy atom. The van der Waals surface area contributed by atoms with Crippen molar-refractivity contribution in [1.82, 2.24) is 4.90 Å². The Labute approximate surface area is 147 Å². The van der Waals surface area contributed by atoms with E-state index in [1.165, 1.54) is 7.11 Å². The Hall–Kier alpha value is -1.20. The predicted octanol–water partition coefficient (Wildman–Crippen LogP) is 4.47. The van der Waals surface area contributed by atoms with Gasteiger partial charge in [-0.3, -0.25) is 4.79 Å². The van der Waals surface area contributed by atoms with Crippen LogP contribution in [0, 0.1) is 0 Å². The fourth-order valence-corrected chi connectivity index (χ4v) is 3.85. The minimum atomic E-state index is -0.311. The van der Waals surface area contributed by atoms with Gasteiger partial charge in [-0.1, -0.05) is 43.6 Å². The molecule has 23 heavy (non-hydrogen) atoms. The van der Waals surface area contributed by atoms with Crippen LogP contribution in [0.4, 0.5) is 0 Å². The number of hydrogen-bond donors (Lipinski definition) is 0. The van der Waals surface area contributed by atoms with Gasteiger partial charge in [-0.05, 0) is 31.5 Å². The molecular weight excluding hydrogens is 332 g/mol. The second kappa shape index (κ2) is 8.06. The first kappa shape index (κ1) is 18.1.